The summed E-state index contributed by atoms with van der Waals surface area (Å²) in [4.78, 5) is 12.8. The molecule has 1 amide bonds. The number of carbonyl (C=O) groups excluding carboxylic acids is 1. The lowest BCUT2D eigenvalue weighted by atomic mass is 10.2. The lowest BCUT2D eigenvalue weighted by Gasteiger charge is -2.04. The summed E-state index contributed by atoms with van der Waals surface area (Å²) in [5, 5.41) is 0. The molecule has 0 radical (unpaired) electrons. The number of likely N-dealkylation sites (N-methyl/N-ethyl adjacent to an activating group) is 1. The molecule has 0 aliphatic rings. The maximum atomic E-state index is 11.2. The van der Waals surface area contributed by atoms with E-state index in [0.717, 1.165) is 10.0 Å². The molecule has 0 bridgehead atoms. The van der Waals surface area contributed by atoms with Gasteiger partial charge in [0.15, 0.2) is 0 Å². The van der Waals surface area contributed by atoms with Crippen molar-refractivity contribution in [2.24, 2.45) is 0 Å². The van der Waals surface area contributed by atoms with Crippen molar-refractivity contribution < 1.29 is 4.79 Å². The molecule has 1 aromatic rings. The largest absolute Gasteiger partial charge is 0.345 e. The van der Waals surface area contributed by atoms with E-state index in [9.17, 15) is 4.79 Å². The van der Waals surface area contributed by atoms with E-state index in [4.69, 9.17) is 0 Å². The molecule has 0 fully saturated rings. The molecule has 0 unspecified atom stereocenters. The first-order valence-corrected chi connectivity index (χ1v) is 5.04. The SMILES string of the molecule is CN(C)C(=O)C=Cc1cccc(Br)c1. The minimum Gasteiger partial charge on any atom is -0.345 e. The van der Waals surface area contributed by atoms with Gasteiger partial charge < -0.3 is 4.90 Å². The fraction of sp³-hybridized carbons (Fsp3) is 0.182. The first-order valence-electron chi connectivity index (χ1n) is 4.24. The Morgan fingerprint density at radius 2 is 2.14 bits per heavy atom. The van der Waals surface area contributed by atoms with Gasteiger partial charge in [-0.05, 0) is 23.8 Å². The van der Waals surface area contributed by atoms with Gasteiger partial charge in [0, 0.05) is 24.6 Å². The summed E-state index contributed by atoms with van der Waals surface area (Å²) in [5.41, 5.74) is 1.01. The Morgan fingerprint density at radius 3 is 2.71 bits per heavy atom. The molecule has 0 saturated heterocycles. The zero-order valence-corrected chi connectivity index (χ0v) is 9.78. The van der Waals surface area contributed by atoms with Gasteiger partial charge in [0.25, 0.3) is 0 Å². The van der Waals surface area contributed by atoms with Crippen LogP contribution in [-0.4, -0.2) is 24.9 Å². The third-order valence-corrected chi connectivity index (χ3v) is 2.20. The molecule has 0 N–H and O–H groups in total. The summed E-state index contributed by atoms with van der Waals surface area (Å²) < 4.78 is 1.01. The lowest BCUT2D eigenvalue weighted by Crippen LogP contribution is -2.18. The van der Waals surface area contributed by atoms with Crippen molar-refractivity contribution in [2.75, 3.05) is 14.1 Å². The minimum atomic E-state index is -0.00928. The van der Waals surface area contributed by atoms with Crippen LogP contribution in [0.3, 0.4) is 0 Å². The fourth-order valence-electron chi connectivity index (χ4n) is 0.927. The molecular weight excluding hydrogens is 242 g/mol. The number of rotatable bonds is 2. The quantitative estimate of drug-likeness (QED) is 0.743. The predicted octanol–water partition coefficient (Wildman–Crippen LogP) is 2.55. The normalized spacial score (nSPS) is 10.5. The fourth-order valence-corrected chi connectivity index (χ4v) is 1.34. The Hall–Kier alpha value is -1.09. The van der Waals surface area contributed by atoms with Crippen LogP contribution in [0.1, 0.15) is 5.56 Å². The van der Waals surface area contributed by atoms with E-state index in [2.05, 4.69) is 15.9 Å². The molecule has 0 spiro atoms. The average molecular weight is 254 g/mol. The topological polar surface area (TPSA) is 20.3 Å². The highest BCUT2D eigenvalue weighted by Crippen LogP contribution is 2.12. The Kier molecular flexibility index (Phi) is 3.89. The first kappa shape index (κ1) is 11.0. The van der Waals surface area contributed by atoms with E-state index in [-0.39, 0.29) is 5.91 Å². The average Bonchev–Trinajstić information content (AvgIpc) is 2.14. The van der Waals surface area contributed by atoms with Crippen molar-refractivity contribution in [3.05, 3.63) is 40.4 Å². The van der Waals surface area contributed by atoms with Gasteiger partial charge in [-0.15, -0.1) is 0 Å². The van der Waals surface area contributed by atoms with E-state index in [1.807, 2.05) is 24.3 Å². The summed E-state index contributed by atoms with van der Waals surface area (Å²) in [5.74, 6) is -0.00928. The molecular formula is C11H12BrNO. The second-order valence-corrected chi connectivity index (χ2v) is 4.04. The number of benzene rings is 1. The van der Waals surface area contributed by atoms with E-state index in [1.54, 1.807) is 26.2 Å². The summed E-state index contributed by atoms with van der Waals surface area (Å²) in [6.07, 6.45) is 3.36. The van der Waals surface area contributed by atoms with Gasteiger partial charge >= 0.3 is 0 Å². The summed E-state index contributed by atoms with van der Waals surface area (Å²) in [7, 11) is 3.46. The monoisotopic (exact) mass is 253 g/mol. The predicted molar refractivity (Wildman–Crippen MR) is 61.9 cm³/mol. The van der Waals surface area contributed by atoms with E-state index < -0.39 is 0 Å². The van der Waals surface area contributed by atoms with Crippen molar-refractivity contribution in [1.82, 2.24) is 4.90 Å². The molecule has 0 atom stereocenters. The van der Waals surface area contributed by atoms with Crippen LogP contribution in [-0.2, 0) is 4.79 Å². The lowest BCUT2D eigenvalue weighted by molar-refractivity contribution is -0.123. The third kappa shape index (κ3) is 3.34. The molecule has 0 aliphatic heterocycles. The van der Waals surface area contributed by atoms with Gasteiger partial charge in [0.2, 0.25) is 5.91 Å². The van der Waals surface area contributed by atoms with Crippen molar-refractivity contribution in [2.45, 2.75) is 0 Å². The Labute approximate surface area is 92.4 Å². The van der Waals surface area contributed by atoms with E-state index in [0.29, 0.717) is 0 Å². The number of carbonyl (C=O) groups is 1. The minimum absolute atomic E-state index is 0.00928. The van der Waals surface area contributed by atoms with Gasteiger partial charge in [0.1, 0.15) is 0 Å². The zero-order valence-electron chi connectivity index (χ0n) is 8.20. The maximum Gasteiger partial charge on any atom is 0.246 e. The number of halogens is 1. The summed E-state index contributed by atoms with van der Waals surface area (Å²) in [6.45, 7) is 0. The standard InChI is InChI=1S/C11H12BrNO/c1-13(2)11(14)7-6-9-4-3-5-10(12)8-9/h3-8H,1-2H3. The molecule has 14 heavy (non-hydrogen) atoms. The second kappa shape index (κ2) is 4.96. The summed E-state index contributed by atoms with van der Waals surface area (Å²) >= 11 is 3.37. The third-order valence-electron chi connectivity index (χ3n) is 1.71. The molecule has 74 valence electrons. The number of hydrogen-bond donors (Lipinski definition) is 0. The molecule has 0 heterocycles. The van der Waals surface area contributed by atoms with Crippen LogP contribution in [0, 0.1) is 0 Å². The Morgan fingerprint density at radius 1 is 1.43 bits per heavy atom. The highest BCUT2D eigenvalue weighted by Gasteiger charge is 1.96. The van der Waals surface area contributed by atoms with E-state index >= 15 is 0 Å². The van der Waals surface area contributed by atoms with Gasteiger partial charge in [-0.2, -0.15) is 0 Å². The Bertz CT molecular complexity index is 358. The van der Waals surface area contributed by atoms with E-state index in [1.165, 1.54) is 4.90 Å². The molecule has 1 rings (SSSR count). The van der Waals surface area contributed by atoms with Gasteiger partial charge in [-0.25, -0.2) is 0 Å². The van der Waals surface area contributed by atoms with Crippen molar-refractivity contribution >= 4 is 27.9 Å². The highest BCUT2D eigenvalue weighted by atomic mass is 79.9. The van der Waals surface area contributed by atoms with Crippen LogP contribution < -0.4 is 0 Å². The first-order chi connectivity index (χ1) is 6.59. The molecule has 0 aromatic heterocycles. The number of nitrogens with zero attached hydrogens (tertiary/aromatic N) is 1. The van der Waals surface area contributed by atoms with Crippen LogP contribution in [0.5, 0.6) is 0 Å². The summed E-state index contributed by atoms with van der Waals surface area (Å²) in [6, 6.07) is 7.79. The van der Waals surface area contributed by atoms with Gasteiger partial charge in [-0.1, -0.05) is 28.1 Å². The number of amides is 1. The van der Waals surface area contributed by atoms with Crippen LogP contribution in [0.15, 0.2) is 34.8 Å². The van der Waals surface area contributed by atoms with Crippen LogP contribution in [0.2, 0.25) is 0 Å². The zero-order chi connectivity index (χ0) is 10.6. The molecule has 0 saturated carbocycles. The maximum absolute atomic E-state index is 11.2. The molecule has 2 nitrogen and oxygen atoms in total. The van der Waals surface area contributed by atoms with Crippen molar-refractivity contribution in [3.63, 3.8) is 0 Å². The molecule has 1 aromatic carbocycles. The second-order valence-electron chi connectivity index (χ2n) is 3.12. The smallest absolute Gasteiger partial charge is 0.246 e. The van der Waals surface area contributed by atoms with Crippen LogP contribution >= 0.6 is 15.9 Å². The van der Waals surface area contributed by atoms with Gasteiger partial charge in [0.05, 0.1) is 0 Å². The number of hydrogen-bond acceptors (Lipinski definition) is 1. The van der Waals surface area contributed by atoms with Gasteiger partial charge in [-0.3, -0.25) is 4.79 Å². The molecule has 0 aliphatic carbocycles. The highest BCUT2D eigenvalue weighted by molar-refractivity contribution is 9.10. The van der Waals surface area contributed by atoms with Crippen LogP contribution in [0.4, 0.5) is 0 Å². The van der Waals surface area contributed by atoms with Crippen LogP contribution in [0.25, 0.3) is 6.08 Å². The van der Waals surface area contributed by atoms with Crippen molar-refractivity contribution in [1.29, 1.82) is 0 Å². The van der Waals surface area contributed by atoms with Crippen molar-refractivity contribution in [3.8, 4) is 0 Å². The Balaban J connectivity index is 2.74. The molecule has 3 heteroatoms.